The third-order valence-corrected chi connectivity index (χ3v) is 5.80. The van der Waals surface area contributed by atoms with Gasteiger partial charge in [0.05, 0.1) is 5.75 Å². The molecule has 1 aliphatic rings. The average Bonchev–Trinajstić information content (AvgIpc) is 3.29. The van der Waals surface area contributed by atoms with E-state index in [1.807, 2.05) is 19.2 Å². The number of hydrogen-bond donors (Lipinski definition) is 2. The van der Waals surface area contributed by atoms with E-state index >= 15 is 0 Å². The summed E-state index contributed by atoms with van der Waals surface area (Å²) in [5.74, 6) is 0.437. The first-order valence-corrected chi connectivity index (χ1v) is 10.4. The van der Waals surface area contributed by atoms with Crippen molar-refractivity contribution in [2.45, 2.75) is 37.8 Å². The standard InChI is InChI=1S/C19H26N6O2S/c1-13-11-14(5-6-15(13)25-9-3-4-10-25)21-18(27)12-28-19-23-22-17(24(19)2)8-7-16(20)26/h5-6,11H,3-4,7-10,12H2,1-2H3,(H2,20,26)(H,21,27). The smallest absolute Gasteiger partial charge is 0.234 e. The first kappa shape index (κ1) is 20.2. The van der Waals surface area contributed by atoms with Crippen LogP contribution in [0, 0.1) is 6.92 Å². The van der Waals surface area contributed by atoms with E-state index in [9.17, 15) is 9.59 Å². The summed E-state index contributed by atoms with van der Waals surface area (Å²) >= 11 is 1.31. The van der Waals surface area contributed by atoms with E-state index in [0.29, 0.717) is 17.4 Å². The maximum absolute atomic E-state index is 12.3. The number of aromatic nitrogens is 3. The molecule has 1 saturated heterocycles. The van der Waals surface area contributed by atoms with E-state index in [1.54, 1.807) is 4.57 Å². The third kappa shape index (κ3) is 5.03. The van der Waals surface area contributed by atoms with Crippen LogP contribution in [0.25, 0.3) is 0 Å². The van der Waals surface area contributed by atoms with Crippen LogP contribution in [-0.4, -0.2) is 45.4 Å². The largest absolute Gasteiger partial charge is 0.371 e. The van der Waals surface area contributed by atoms with Gasteiger partial charge in [0.25, 0.3) is 0 Å². The molecule has 1 fully saturated rings. The number of rotatable bonds is 8. The molecule has 0 radical (unpaired) electrons. The molecule has 0 atom stereocenters. The van der Waals surface area contributed by atoms with Crippen molar-refractivity contribution in [3.05, 3.63) is 29.6 Å². The Morgan fingerprint density at radius 3 is 2.68 bits per heavy atom. The molecule has 0 unspecified atom stereocenters. The van der Waals surface area contributed by atoms with Crippen LogP contribution in [0.1, 0.15) is 30.7 Å². The number of primary amides is 1. The summed E-state index contributed by atoms with van der Waals surface area (Å²) in [4.78, 5) is 25.6. The predicted molar refractivity (Wildman–Crippen MR) is 110 cm³/mol. The molecule has 0 bridgehead atoms. The lowest BCUT2D eigenvalue weighted by atomic mass is 10.1. The van der Waals surface area contributed by atoms with Gasteiger partial charge in [0.15, 0.2) is 5.16 Å². The summed E-state index contributed by atoms with van der Waals surface area (Å²) in [5.41, 5.74) is 8.37. The van der Waals surface area contributed by atoms with Crippen molar-refractivity contribution in [2.24, 2.45) is 12.8 Å². The highest BCUT2D eigenvalue weighted by molar-refractivity contribution is 7.99. The topological polar surface area (TPSA) is 106 Å². The zero-order valence-corrected chi connectivity index (χ0v) is 17.1. The number of carbonyl (C=O) groups is 2. The van der Waals surface area contributed by atoms with Gasteiger partial charge in [-0.3, -0.25) is 9.59 Å². The molecule has 3 N–H and O–H groups in total. The van der Waals surface area contributed by atoms with Gasteiger partial charge in [-0.25, -0.2) is 0 Å². The van der Waals surface area contributed by atoms with Crippen LogP contribution in [-0.2, 0) is 23.1 Å². The maximum atomic E-state index is 12.3. The molecule has 1 aromatic carbocycles. The predicted octanol–water partition coefficient (Wildman–Crippen LogP) is 1.87. The van der Waals surface area contributed by atoms with Crippen molar-refractivity contribution in [3.63, 3.8) is 0 Å². The average molecular weight is 403 g/mol. The molecule has 28 heavy (non-hydrogen) atoms. The first-order chi connectivity index (χ1) is 13.4. The second-order valence-corrected chi connectivity index (χ2v) is 7.90. The number of nitrogens with one attached hydrogen (secondary N) is 1. The minimum atomic E-state index is -0.373. The van der Waals surface area contributed by atoms with Gasteiger partial charge in [-0.1, -0.05) is 11.8 Å². The van der Waals surface area contributed by atoms with Crippen LogP contribution in [0.15, 0.2) is 23.4 Å². The Kier molecular flexibility index (Phi) is 6.56. The Morgan fingerprint density at radius 1 is 1.25 bits per heavy atom. The maximum Gasteiger partial charge on any atom is 0.234 e. The summed E-state index contributed by atoms with van der Waals surface area (Å²) in [6.45, 7) is 4.27. The Balaban J connectivity index is 1.53. The molecule has 3 rings (SSSR count). The molecule has 9 heteroatoms. The van der Waals surface area contributed by atoms with Gasteiger partial charge in [0, 0.05) is 44.4 Å². The summed E-state index contributed by atoms with van der Waals surface area (Å²) in [7, 11) is 1.82. The monoisotopic (exact) mass is 402 g/mol. The highest BCUT2D eigenvalue weighted by atomic mass is 32.2. The van der Waals surface area contributed by atoms with Crippen molar-refractivity contribution < 1.29 is 9.59 Å². The van der Waals surface area contributed by atoms with Gasteiger partial charge >= 0.3 is 0 Å². The van der Waals surface area contributed by atoms with E-state index in [1.165, 1.54) is 35.9 Å². The number of aryl methyl sites for hydroxylation is 2. The molecule has 1 aromatic heterocycles. The minimum absolute atomic E-state index is 0.0972. The number of carbonyl (C=O) groups excluding carboxylic acids is 2. The van der Waals surface area contributed by atoms with Gasteiger partial charge in [0.2, 0.25) is 11.8 Å². The van der Waals surface area contributed by atoms with E-state index in [2.05, 4.69) is 33.4 Å². The van der Waals surface area contributed by atoms with Crippen molar-refractivity contribution in [2.75, 3.05) is 29.1 Å². The number of nitrogens with zero attached hydrogens (tertiary/aromatic N) is 4. The van der Waals surface area contributed by atoms with Crippen molar-refractivity contribution in [1.82, 2.24) is 14.8 Å². The molecule has 0 spiro atoms. The number of hydrogen-bond acceptors (Lipinski definition) is 6. The van der Waals surface area contributed by atoms with Crippen molar-refractivity contribution in [3.8, 4) is 0 Å². The van der Waals surface area contributed by atoms with Crippen LogP contribution in [0.3, 0.4) is 0 Å². The van der Waals surface area contributed by atoms with Crippen molar-refractivity contribution >= 4 is 35.0 Å². The van der Waals surface area contributed by atoms with Crippen LogP contribution >= 0.6 is 11.8 Å². The van der Waals surface area contributed by atoms with Crippen LogP contribution < -0.4 is 16.0 Å². The van der Waals surface area contributed by atoms with Crippen LogP contribution in [0.5, 0.6) is 0 Å². The number of benzene rings is 1. The van der Waals surface area contributed by atoms with Gasteiger partial charge in [0.1, 0.15) is 5.82 Å². The molecule has 1 aliphatic heterocycles. The normalized spacial score (nSPS) is 13.7. The van der Waals surface area contributed by atoms with E-state index < -0.39 is 0 Å². The van der Waals surface area contributed by atoms with Crippen LogP contribution in [0.4, 0.5) is 11.4 Å². The van der Waals surface area contributed by atoms with Gasteiger partial charge in [-0.05, 0) is 43.5 Å². The number of thioether (sulfide) groups is 1. The van der Waals surface area contributed by atoms with E-state index in [-0.39, 0.29) is 24.0 Å². The van der Waals surface area contributed by atoms with Crippen LogP contribution in [0.2, 0.25) is 0 Å². The van der Waals surface area contributed by atoms with Crippen molar-refractivity contribution in [1.29, 1.82) is 0 Å². The number of anilines is 2. The molecule has 8 nitrogen and oxygen atoms in total. The molecule has 150 valence electrons. The summed E-state index contributed by atoms with van der Waals surface area (Å²) in [6, 6.07) is 6.05. The molecule has 2 amide bonds. The fourth-order valence-electron chi connectivity index (χ4n) is 3.30. The number of amides is 2. The zero-order valence-electron chi connectivity index (χ0n) is 16.3. The van der Waals surface area contributed by atoms with Gasteiger partial charge in [-0.2, -0.15) is 0 Å². The second kappa shape index (κ2) is 9.09. The SMILES string of the molecule is Cc1cc(NC(=O)CSc2nnc(CCC(N)=O)n2C)ccc1N1CCCC1. The summed E-state index contributed by atoms with van der Waals surface area (Å²) in [6.07, 6.45) is 3.14. The molecule has 0 saturated carbocycles. The quantitative estimate of drug-likeness (QED) is 0.653. The Hall–Kier alpha value is -2.55. The molecular formula is C19H26N6O2S. The first-order valence-electron chi connectivity index (χ1n) is 9.39. The van der Waals surface area contributed by atoms with Gasteiger partial charge in [-0.15, -0.1) is 10.2 Å². The highest BCUT2D eigenvalue weighted by Crippen LogP contribution is 2.27. The summed E-state index contributed by atoms with van der Waals surface area (Å²) in [5, 5.41) is 11.7. The molecular weight excluding hydrogens is 376 g/mol. The third-order valence-electron chi connectivity index (χ3n) is 4.78. The van der Waals surface area contributed by atoms with E-state index in [4.69, 9.17) is 5.73 Å². The lowest BCUT2D eigenvalue weighted by molar-refractivity contribution is -0.118. The fourth-order valence-corrected chi connectivity index (χ4v) is 4.03. The highest BCUT2D eigenvalue weighted by Gasteiger charge is 2.15. The molecule has 0 aliphatic carbocycles. The van der Waals surface area contributed by atoms with E-state index in [0.717, 1.165) is 18.8 Å². The lowest BCUT2D eigenvalue weighted by Gasteiger charge is -2.20. The molecule has 2 heterocycles. The second-order valence-electron chi connectivity index (χ2n) is 6.96. The lowest BCUT2D eigenvalue weighted by Crippen LogP contribution is -2.19. The molecule has 2 aromatic rings. The fraction of sp³-hybridized carbons (Fsp3) is 0.474. The Morgan fingerprint density at radius 2 is 2.00 bits per heavy atom. The summed E-state index contributed by atoms with van der Waals surface area (Å²) < 4.78 is 1.79. The zero-order chi connectivity index (χ0) is 20.1. The Labute approximate surface area is 168 Å². The van der Waals surface area contributed by atoms with Gasteiger partial charge < -0.3 is 20.5 Å². The Bertz CT molecular complexity index is 860. The minimum Gasteiger partial charge on any atom is -0.371 e. The number of nitrogens with two attached hydrogens (primary N) is 1.